The van der Waals surface area contributed by atoms with Gasteiger partial charge in [-0.2, -0.15) is 5.10 Å². The number of aromatic nitrogens is 5. The van der Waals surface area contributed by atoms with Gasteiger partial charge in [-0.25, -0.2) is 4.68 Å². The third kappa shape index (κ3) is 4.11. The molecular weight excluding hydrogens is 400 g/mol. The minimum Gasteiger partial charge on any atom is -0.325 e. The number of hydrogen-bond donors (Lipinski definition) is 1. The maximum atomic E-state index is 12.3. The highest BCUT2D eigenvalue weighted by molar-refractivity contribution is 7.99. The molecule has 0 aliphatic heterocycles. The molecule has 2 heterocycles. The summed E-state index contributed by atoms with van der Waals surface area (Å²) in [6.07, 6.45) is 0.426. The van der Waals surface area contributed by atoms with Gasteiger partial charge in [0.05, 0.1) is 23.3 Å². The minimum atomic E-state index is -0.131. The van der Waals surface area contributed by atoms with Crippen molar-refractivity contribution in [3.8, 4) is 0 Å². The lowest BCUT2D eigenvalue weighted by Gasteiger charge is -2.08. The molecule has 0 aliphatic carbocycles. The van der Waals surface area contributed by atoms with Gasteiger partial charge in [-0.05, 0) is 18.2 Å². The van der Waals surface area contributed by atoms with E-state index in [9.17, 15) is 9.59 Å². The third-order valence-corrected chi connectivity index (χ3v) is 5.69. The Labute approximate surface area is 176 Å². The Bertz CT molecular complexity index is 1270. The van der Waals surface area contributed by atoms with Crippen LogP contribution in [0.15, 0.2) is 64.5 Å². The predicted octanol–water partition coefficient (Wildman–Crippen LogP) is 2.38. The van der Waals surface area contributed by atoms with E-state index in [0.29, 0.717) is 22.8 Å². The highest BCUT2D eigenvalue weighted by Crippen LogP contribution is 2.20. The number of thioether (sulfide) groups is 1. The van der Waals surface area contributed by atoms with Crippen LogP contribution in [0.5, 0.6) is 0 Å². The van der Waals surface area contributed by atoms with Crippen molar-refractivity contribution in [2.75, 3.05) is 11.1 Å². The van der Waals surface area contributed by atoms with Crippen LogP contribution in [-0.4, -0.2) is 36.2 Å². The van der Waals surface area contributed by atoms with Gasteiger partial charge < -0.3 is 9.88 Å². The molecule has 4 rings (SSSR count). The average molecular weight is 420 g/mol. The Hall–Kier alpha value is -3.46. The summed E-state index contributed by atoms with van der Waals surface area (Å²) in [6.45, 7) is 0. The molecule has 9 heteroatoms. The SMILES string of the molecule is Cn1c(Cc2nn(C)c(=O)c3ccccc23)nnc1SCC(=O)Nc1ccccc1. The lowest BCUT2D eigenvalue weighted by molar-refractivity contribution is -0.113. The average Bonchev–Trinajstić information content (AvgIpc) is 3.10. The largest absolute Gasteiger partial charge is 0.325 e. The van der Waals surface area contributed by atoms with E-state index in [0.717, 1.165) is 16.8 Å². The zero-order chi connectivity index (χ0) is 21.1. The summed E-state index contributed by atoms with van der Waals surface area (Å²) in [4.78, 5) is 24.5. The van der Waals surface area contributed by atoms with Gasteiger partial charge in [0, 0.05) is 25.2 Å². The van der Waals surface area contributed by atoms with E-state index >= 15 is 0 Å². The number of fused-ring (bicyclic) bond motifs is 1. The highest BCUT2D eigenvalue weighted by Gasteiger charge is 2.15. The molecule has 0 fully saturated rings. The topological polar surface area (TPSA) is 94.7 Å². The number of aryl methyl sites for hydroxylation is 1. The molecule has 1 N–H and O–H groups in total. The van der Waals surface area contributed by atoms with Gasteiger partial charge in [0.15, 0.2) is 5.16 Å². The van der Waals surface area contributed by atoms with Crippen molar-refractivity contribution in [1.29, 1.82) is 0 Å². The molecule has 0 saturated heterocycles. The number of benzene rings is 2. The summed E-state index contributed by atoms with van der Waals surface area (Å²) in [5.41, 5.74) is 1.38. The lowest BCUT2D eigenvalue weighted by atomic mass is 10.1. The van der Waals surface area contributed by atoms with E-state index in [2.05, 4.69) is 20.6 Å². The minimum absolute atomic E-state index is 0.110. The normalized spacial score (nSPS) is 11.0. The molecule has 1 amide bonds. The van der Waals surface area contributed by atoms with E-state index in [-0.39, 0.29) is 17.2 Å². The number of hydrogen-bond acceptors (Lipinski definition) is 6. The van der Waals surface area contributed by atoms with Crippen molar-refractivity contribution in [3.05, 3.63) is 76.5 Å². The summed E-state index contributed by atoms with van der Waals surface area (Å²) < 4.78 is 3.19. The highest BCUT2D eigenvalue weighted by atomic mass is 32.2. The van der Waals surface area contributed by atoms with Crippen molar-refractivity contribution in [3.63, 3.8) is 0 Å². The molecule has 30 heavy (non-hydrogen) atoms. The molecular formula is C21H20N6O2S. The number of para-hydroxylation sites is 1. The van der Waals surface area contributed by atoms with Gasteiger partial charge in [0.25, 0.3) is 5.56 Å². The molecule has 0 bridgehead atoms. The van der Waals surface area contributed by atoms with E-state index < -0.39 is 0 Å². The molecule has 0 unspecified atom stereocenters. The van der Waals surface area contributed by atoms with Gasteiger partial charge in [-0.15, -0.1) is 10.2 Å². The van der Waals surface area contributed by atoms with Crippen LogP contribution in [0.1, 0.15) is 11.5 Å². The molecule has 0 spiro atoms. The fourth-order valence-corrected chi connectivity index (χ4v) is 3.86. The number of carbonyl (C=O) groups excluding carboxylic acids is 1. The Kier molecular flexibility index (Phi) is 5.62. The van der Waals surface area contributed by atoms with E-state index in [4.69, 9.17) is 0 Å². The molecule has 152 valence electrons. The molecule has 0 radical (unpaired) electrons. The zero-order valence-corrected chi connectivity index (χ0v) is 17.4. The molecule has 0 aliphatic rings. The fourth-order valence-electron chi connectivity index (χ4n) is 3.13. The van der Waals surface area contributed by atoms with Gasteiger partial charge in [0.1, 0.15) is 5.82 Å². The standard InChI is InChI=1S/C21H20N6O2S/c1-26-18(12-17-15-10-6-7-11-16(15)20(29)27(2)25-17)23-24-21(26)30-13-19(28)22-14-8-4-3-5-9-14/h3-11H,12-13H2,1-2H3,(H,22,28). The van der Waals surface area contributed by atoms with Crippen LogP contribution in [-0.2, 0) is 25.3 Å². The first-order chi connectivity index (χ1) is 14.5. The Morgan fingerprint density at radius 2 is 1.70 bits per heavy atom. The van der Waals surface area contributed by atoms with Crippen LogP contribution in [0.2, 0.25) is 0 Å². The smallest absolute Gasteiger partial charge is 0.274 e. The molecule has 4 aromatic rings. The molecule has 0 atom stereocenters. The molecule has 2 aromatic carbocycles. The predicted molar refractivity (Wildman–Crippen MR) is 117 cm³/mol. The maximum absolute atomic E-state index is 12.3. The second-order valence-corrected chi connectivity index (χ2v) is 7.70. The van der Waals surface area contributed by atoms with Crippen LogP contribution in [0, 0.1) is 0 Å². The summed E-state index contributed by atoms with van der Waals surface area (Å²) >= 11 is 1.32. The van der Waals surface area contributed by atoms with Crippen molar-refractivity contribution < 1.29 is 4.79 Å². The quantitative estimate of drug-likeness (QED) is 0.481. The molecule has 0 saturated carbocycles. The van der Waals surface area contributed by atoms with Gasteiger partial charge in [-0.3, -0.25) is 9.59 Å². The van der Waals surface area contributed by atoms with Gasteiger partial charge in [0.2, 0.25) is 5.91 Å². The first kappa shape index (κ1) is 19.8. The Balaban J connectivity index is 1.49. The summed E-state index contributed by atoms with van der Waals surface area (Å²) in [5, 5.41) is 17.8. The summed E-state index contributed by atoms with van der Waals surface area (Å²) in [5.74, 6) is 0.820. The van der Waals surface area contributed by atoms with Crippen LogP contribution < -0.4 is 10.9 Å². The van der Waals surface area contributed by atoms with E-state index in [1.165, 1.54) is 16.4 Å². The number of rotatable bonds is 6. The first-order valence-electron chi connectivity index (χ1n) is 9.34. The second kappa shape index (κ2) is 8.50. The number of amides is 1. The van der Waals surface area contributed by atoms with Gasteiger partial charge in [-0.1, -0.05) is 48.2 Å². The van der Waals surface area contributed by atoms with Crippen molar-refractivity contribution in [2.45, 2.75) is 11.6 Å². The zero-order valence-electron chi connectivity index (χ0n) is 16.6. The Morgan fingerprint density at radius 3 is 2.47 bits per heavy atom. The maximum Gasteiger partial charge on any atom is 0.274 e. The number of anilines is 1. The van der Waals surface area contributed by atoms with Crippen molar-refractivity contribution >= 4 is 34.1 Å². The summed E-state index contributed by atoms with van der Waals surface area (Å²) in [7, 11) is 3.50. The number of nitrogens with zero attached hydrogens (tertiary/aromatic N) is 5. The molecule has 8 nitrogen and oxygen atoms in total. The van der Waals surface area contributed by atoms with Crippen molar-refractivity contribution in [1.82, 2.24) is 24.5 Å². The van der Waals surface area contributed by atoms with Crippen molar-refractivity contribution in [2.24, 2.45) is 14.1 Å². The van der Waals surface area contributed by atoms with Crippen LogP contribution in [0.25, 0.3) is 10.8 Å². The summed E-state index contributed by atoms with van der Waals surface area (Å²) in [6, 6.07) is 16.7. The fraction of sp³-hybridized carbons (Fsp3) is 0.190. The monoisotopic (exact) mass is 420 g/mol. The Morgan fingerprint density at radius 1 is 1.00 bits per heavy atom. The van der Waals surface area contributed by atoms with Crippen LogP contribution in [0.3, 0.4) is 0 Å². The van der Waals surface area contributed by atoms with Gasteiger partial charge >= 0.3 is 0 Å². The second-order valence-electron chi connectivity index (χ2n) is 6.76. The molecule has 2 aromatic heterocycles. The number of nitrogens with one attached hydrogen (secondary N) is 1. The lowest BCUT2D eigenvalue weighted by Crippen LogP contribution is -2.21. The van der Waals surface area contributed by atoms with E-state index in [1.54, 1.807) is 13.1 Å². The third-order valence-electron chi connectivity index (χ3n) is 4.67. The number of carbonyl (C=O) groups is 1. The van der Waals surface area contributed by atoms with E-state index in [1.807, 2.05) is 60.1 Å². The van der Waals surface area contributed by atoms with Crippen LogP contribution in [0.4, 0.5) is 5.69 Å². The first-order valence-corrected chi connectivity index (χ1v) is 10.3. The van der Waals surface area contributed by atoms with Crippen LogP contribution >= 0.6 is 11.8 Å².